The zero-order chi connectivity index (χ0) is 21.2. The topological polar surface area (TPSA) is 71.4 Å². The van der Waals surface area contributed by atoms with Gasteiger partial charge in [-0.3, -0.25) is 4.79 Å². The van der Waals surface area contributed by atoms with Crippen LogP contribution in [0.4, 0.5) is 0 Å². The summed E-state index contributed by atoms with van der Waals surface area (Å²) in [5.41, 5.74) is 4.69. The van der Waals surface area contributed by atoms with Gasteiger partial charge >= 0.3 is 0 Å². The number of rotatable bonds is 6. The number of benzene rings is 2. The zero-order valence-electron chi connectivity index (χ0n) is 17.0. The van der Waals surface area contributed by atoms with Gasteiger partial charge in [-0.05, 0) is 67.9 Å². The quantitative estimate of drug-likeness (QED) is 0.677. The Balaban J connectivity index is 1.65. The second kappa shape index (κ2) is 8.23. The van der Waals surface area contributed by atoms with E-state index < -0.39 is 10.0 Å². The minimum atomic E-state index is -3.45. The lowest BCUT2D eigenvalue weighted by Gasteiger charge is -2.12. The summed E-state index contributed by atoms with van der Waals surface area (Å²) >= 11 is 0. The van der Waals surface area contributed by atoms with Gasteiger partial charge in [-0.1, -0.05) is 12.1 Å². The number of carbonyl (C=O) groups excluding carboxylic acids is 1. The molecular formula is C22H25N3O3S. The van der Waals surface area contributed by atoms with Gasteiger partial charge in [0, 0.05) is 43.3 Å². The van der Waals surface area contributed by atoms with Crippen molar-refractivity contribution in [3.8, 4) is 5.69 Å². The second-order valence-electron chi connectivity index (χ2n) is 7.11. The molecule has 0 aliphatic carbocycles. The van der Waals surface area contributed by atoms with Crippen LogP contribution in [0, 0.1) is 13.8 Å². The van der Waals surface area contributed by atoms with Crippen LogP contribution in [-0.4, -0.2) is 37.3 Å². The van der Waals surface area contributed by atoms with E-state index in [1.165, 1.54) is 18.4 Å². The average molecular weight is 412 g/mol. The van der Waals surface area contributed by atoms with E-state index in [1.807, 2.05) is 26.0 Å². The van der Waals surface area contributed by atoms with Crippen LogP contribution in [-0.2, 0) is 16.6 Å². The number of nitrogens with one attached hydrogen (secondary N) is 1. The van der Waals surface area contributed by atoms with Gasteiger partial charge in [0.1, 0.15) is 0 Å². The molecule has 1 N–H and O–H groups in total. The first-order valence-corrected chi connectivity index (χ1v) is 10.7. The molecule has 3 aromatic rings. The molecule has 7 heteroatoms. The largest absolute Gasteiger partial charge is 0.348 e. The zero-order valence-corrected chi connectivity index (χ0v) is 17.8. The molecule has 1 heterocycles. The minimum absolute atomic E-state index is 0.178. The smallest absolute Gasteiger partial charge is 0.251 e. The van der Waals surface area contributed by atoms with Crippen LogP contribution in [0.3, 0.4) is 0 Å². The third kappa shape index (κ3) is 4.41. The van der Waals surface area contributed by atoms with Crippen LogP contribution >= 0.6 is 0 Å². The van der Waals surface area contributed by atoms with Gasteiger partial charge in [-0.25, -0.2) is 12.7 Å². The first-order valence-electron chi connectivity index (χ1n) is 9.25. The molecule has 0 aliphatic heterocycles. The Morgan fingerprint density at radius 2 is 1.45 bits per heavy atom. The van der Waals surface area contributed by atoms with Crippen LogP contribution in [0.25, 0.3) is 5.69 Å². The molecule has 0 aliphatic rings. The number of hydrogen-bond acceptors (Lipinski definition) is 3. The first kappa shape index (κ1) is 20.8. The van der Waals surface area contributed by atoms with Crippen molar-refractivity contribution < 1.29 is 13.2 Å². The van der Waals surface area contributed by atoms with Gasteiger partial charge in [0.15, 0.2) is 0 Å². The summed E-state index contributed by atoms with van der Waals surface area (Å²) in [7, 11) is -0.465. The highest BCUT2D eigenvalue weighted by molar-refractivity contribution is 7.89. The van der Waals surface area contributed by atoms with E-state index in [4.69, 9.17) is 0 Å². The summed E-state index contributed by atoms with van der Waals surface area (Å²) in [5, 5.41) is 2.87. The molecule has 2 aromatic carbocycles. The van der Waals surface area contributed by atoms with Gasteiger partial charge in [-0.15, -0.1) is 0 Å². The molecule has 0 spiro atoms. The van der Waals surface area contributed by atoms with E-state index in [0.29, 0.717) is 12.1 Å². The maximum Gasteiger partial charge on any atom is 0.251 e. The fourth-order valence-electron chi connectivity index (χ4n) is 3.11. The highest BCUT2D eigenvalue weighted by Crippen LogP contribution is 2.17. The highest BCUT2D eigenvalue weighted by atomic mass is 32.2. The van der Waals surface area contributed by atoms with Crippen molar-refractivity contribution in [3.05, 3.63) is 83.2 Å². The third-order valence-corrected chi connectivity index (χ3v) is 6.64. The number of aromatic nitrogens is 1. The fourth-order valence-corrected chi connectivity index (χ4v) is 4.01. The lowest BCUT2D eigenvalue weighted by atomic mass is 10.1. The Kier molecular flexibility index (Phi) is 5.91. The van der Waals surface area contributed by atoms with E-state index >= 15 is 0 Å². The summed E-state index contributed by atoms with van der Waals surface area (Å²) in [6, 6.07) is 18.1. The van der Waals surface area contributed by atoms with Gasteiger partial charge in [-0.2, -0.15) is 0 Å². The standard InChI is InChI=1S/C22H25N3O3S/c1-16-5-6-17(2)25(16)20-11-9-19(10-12-20)22(26)23-15-18-7-13-21(14-8-18)29(27,28)24(3)4/h5-14H,15H2,1-4H3,(H,23,26). The Hall–Kier alpha value is -2.90. The summed E-state index contributed by atoms with van der Waals surface area (Å²) in [6.45, 7) is 4.41. The van der Waals surface area contributed by atoms with Gasteiger partial charge in [0.25, 0.3) is 5.91 Å². The van der Waals surface area contributed by atoms with Crippen molar-refractivity contribution in [2.45, 2.75) is 25.3 Å². The molecule has 0 unspecified atom stereocenters. The average Bonchev–Trinajstić information content (AvgIpc) is 3.04. The number of sulfonamides is 1. The monoisotopic (exact) mass is 411 g/mol. The van der Waals surface area contributed by atoms with Crippen LogP contribution in [0.15, 0.2) is 65.6 Å². The number of aryl methyl sites for hydroxylation is 2. The van der Waals surface area contributed by atoms with Crippen molar-refractivity contribution in [2.24, 2.45) is 0 Å². The highest BCUT2D eigenvalue weighted by Gasteiger charge is 2.16. The molecule has 152 valence electrons. The van der Waals surface area contributed by atoms with Crippen molar-refractivity contribution in [3.63, 3.8) is 0 Å². The molecule has 1 amide bonds. The number of nitrogens with zero attached hydrogens (tertiary/aromatic N) is 2. The maximum absolute atomic E-state index is 12.4. The van der Waals surface area contributed by atoms with E-state index in [0.717, 1.165) is 22.6 Å². The molecule has 0 radical (unpaired) electrons. The molecule has 0 saturated carbocycles. The van der Waals surface area contributed by atoms with Crippen molar-refractivity contribution in [2.75, 3.05) is 14.1 Å². The van der Waals surface area contributed by atoms with Crippen LogP contribution in [0.2, 0.25) is 0 Å². The Labute approximate surface area is 171 Å². The second-order valence-corrected chi connectivity index (χ2v) is 9.26. The molecule has 29 heavy (non-hydrogen) atoms. The molecule has 0 fully saturated rings. The number of hydrogen-bond donors (Lipinski definition) is 1. The minimum Gasteiger partial charge on any atom is -0.348 e. The Bertz CT molecular complexity index is 1090. The fraction of sp³-hybridized carbons (Fsp3) is 0.227. The summed E-state index contributed by atoms with van der Waals surface area (Å²) in [4.78, 5) is 12.7. The van der Waals surface area contributed by atoms with Crippen LogP contribution < -0.4 is 5.32 Å². The van der Waals surface area contributed by atoms with Crippen molar-refractivity contribution in [1.82, 2.24) is 14.2 Å². The lowest BCUT2D eigenvalue weighted by molar-refractivity contribution is 0.0951. The number of amides is 1. The van der Waals surface area contributed by atoms with Gasteiger partial charge in [0.05, 0.1) is 4.90 Å². The molecule has 0 saturated heterocycles. The summed E-state index contributed by atoms with van der Waals surface area (Å²) in [6.07, 6.45) is 0. The molecular weight excluding hydrogens is 386 g/mol. The van der Waals surface area contributed by atoms with E-state index in [-0.39, 0.29) is 10.8 Å². The van der Waals surface area contributed by atoms with E-state index in [9.17, 15) is 13.2 Å². The summed E-state index contributed by atoms with van der Waals surface area (Å²) in [5.74, 6) is -0.178. The molecule has 3 rings (SSSR count). The van der Waals surface area contributed by atoms with Crippen molar-refractivity contribution >= 4 is 15.9 Å². The molecule has 6 nitrogen and oxygen atoms in total. The Morgan fingerprint density at radius 3 is 1.97 bits per heavy atom. The predicted molar refractivity (Wildman–Crippen MR) is 114 cm³/mol. The van der Waals surface area contributed by atoms with Crippen LogP contribution in [0.5, 0.6) is 0 Å². The third-order valence-electron chi connectivity index (χ3n) is 4.81. The van der Waals surface area contributed by atoms with Crippen LogP contribution in [0.1, 0.15) is 27.3 Å². The van der Waals surface area contributed by atoms with Gasteiger partial charge < -0.3 is 9.88 Å². The lowest BCUT2D eigenvalue weighted by Crippen LogP contribution is -2.23. The normalized spacial score (nSPS) is 11.6. The number of carbonyl (C=O) groups is 1. The first-order chi connectivity index (χ1) is 13.7. The van der Waals surface area contributed by atoms with Crippen molar-refractivity contribution in [1.29, 1.82) is 0 Å². The van der Waals surface area contributed by atoms with E-state index in [1.54, 1.807) is 36.4 Å². The SMILES string of the molecule is Cc1ccc(C)n1-c1ccc(C(=O)NCc2ccc(S(=O)(=O)N(C)C)cc2)cc1. The Morgan fingerprint density at radius 1 is 0.897 bits per heavy atom. The summed E-state index contributed by atoms with van der Waals surface area (Å²) < 4.78 is 27.5. The maximum atomic E-state index is 12.4. The molecule has 1 aromatic heterocycles. The molecule has 0 atom stereocenters. The predicted octanol–water partition coefficient (Wildman–Crippen LogP) is 3.27. The van der Waals surface area contributed by atoms with Gasteiger partial charge in [0.2, 0.25) is 10.0 Å². The molecule has 0 bridgehead atoms. The van der Waals surface area contributed by atoms with E-state index in [2.05, 4.69) is 22.0 Å².